The summed E-state index contributed by atoms with van der Waals surface area (Å²) < 4.78 is 6.03. The van der Waals surface area contributed by atoms with Crippen LogP contribution in [-0.2, 0) is 16.0 Å². The molecule has 2 aromatic carbocycles. The highest BCUT2D eigenvalue weighted by atomic mass is 79.9. The molecule has 0 radical (unpaired) electrons. The molecule has 0 bridgehead atoms. The van der Waals surface area contributed by atoms with Gasteiger partial charge in [-0.05, 0) is 63.1 Å². The number of hydrogen-bond acceptors (Lipinski definition) is 3. The third-order valence-electron chi connectivity index (χ3n) is 4.90. The normalized spacial score (nSPS) is 10.9. The van der Waals surface area contributed by atoms with Gasteiger partial charge in [0, 0.05) is 33.3 Å². The minimum Gasteiger partial charge on any atom is -0.462 e. The molecular weight excluding hydrogens is 432 g/mol. The number of hydrogen-bond donors (Lipinski definition) is 1. The number of fused-ring (bicyclic) bond motifs is 1. The van der Waals surface area contributed by atoms with Crippen molar-refractivity contribution in [3.05, 3.63) is 63.3 Å². The second-order valence-corrected chi connectivity index (χ2v) is 7.84. The maximum Gasteiger partial charge on any atom is 0.340 e. The smallest absolute Gasteiger partial charge is 0.340 e. The van der Waals surface area contributed by atoms with E-state index in [4.69, 9.17) is 4.74 Å². The standard InChI is InChI=1S/C23H25BrN2O3/c1-5-26(17-9-7-8-14(3)10-17)21(27)12-16-11-18-20(13-19(16)24)25-15(4)22(18)23(28)29-6-2/h7-11,13,25H,5-6,12H2,1-4H3. The van der Waals surface area contributed by atoms with E-state index in [1.807, 2.05) is 57.2 Å². The second-order valence-electron chi connectivity index (χ2n) is 6.99. The molecule has 0 saturated heterocycles. The highest BCUT2D eigenvalue weighted by molar-refractivity contribution is 9.10. The molecule has 1 amide bonds. The molecule has 0 aliphatic heterocycles. The Morgan fingerprint density at radius 1 is 1.14 bits per heavy atom. The number of esters is 1. The lowest BCUT2D eigenvalue weighted by atomic mass is 10.0. The number of likely N-dealkylation sites (N-methyl/N-ethyl adjacent to an activating group) is 1. The fourth-order valence-corrected chi connectivity index (χ4v) is 4.04. The summed E-state index contributed by atoms with van der Waals surface area (Å²) in [5, 5.41) is 0.769. The third kappa shape index (κ3) is 4.37. The molecule has 152 valence electrons. The Bertz CT molecular complexity index is 1070. The number of carbonyl (C=O) groups is 2. The number of benzene rings is 2. The molecule has 0 fully saturated rings. The minimum atomic E-state index is -0.356. The van der Waals surface area contributed by atoms with Gasteiger partial charge >= 0.3 is 5.97 Å². The van der Waals surface area contributed by atoms with Gasteiger partial charge in [0.1, 0.15) is 0 Å². The molecule has 1 N–H and O–H groups in total. The molecule has 3 aromatic rings. The van der Waals surface area contributed by atoms with Crippen molar-refractivity contribution in [2.24, 2.45) is 0 Å². The number of ether oxygens (including phenoxy) is 1. The molecule has 1 heterocycles. The fourth-order valence-electron chi connectivity index (χ4n) is 3.55. The van der Waals surface area contributed by atoms with Gasteiger partial charge in [-0.15, -0.1) is 0 Å². The molecule has 0 atom stereocenters. The van der Waals surface area contributed by atoms with Gasteiger partial charge in [-0.1, -0.05) is 28.1 Å². The van der Waals surface area contributed by atoms with E-state index in [-0.39, 0.29) is 18.3 Å². The number of aromatic nitrogens is 1. The first-order chi connectivity index (χ1) is 13.8. The van der Waals surface area contributed by atoms with Gasteiger partial charge in [-0.2, -0.15) is 0 Å². The molecule has 0 unspecified atom stereocenters. The molecule has 1 aromatic heterocycles. The van der Waals surface area contributed by atoms with Crippen LogP contribution in [0.15, 0.2) is 40.9 Å². The number of nitrogens with zero attached hydrogens (tertiary/aromatic N) is 1. The predicted octanol–water partition coefficient (Wildman–Crippen LogP) is 5.32. The van der Waals surface area contributed by atoms with Crippen LogP contribution in [0.25, 0.3) is 10.9 Å². The van der Waals surface area contributed by atoms with Crippen LogP contribution in [0.1, 0.15) is 41.0 Å². The number of H-pyrrole nitrogens is 1. The first-order valence-corrected chi connectivity index (χ1v) is 10.5. The summed E-state index contributed by atoms with van der Waals surface area (Å²) in [6.07, 6.45) is 0.227. The van der Waals surface area contributed by atoms with Crippen LogP contribution < -0.4 is 4.90 Å². The monoisotopic (exact) mass is 456 g/mol. The fraction of sp³-hybridized carbons (Fsp3) is 0.304. The van der Waals surface area contributed by atoms with Crippen LogP contribution >= 0.6 is 15.9 Å². The van der Waals surface area contributed by atoms with Crippen molar-refractivity contribution in [2.75, 3.05) is 18.1 Å². The van der Waals surface area contributed by atoms with Gasteiger partial charge in [-0.3, -0.25) is 4.79 Å². The SMILES string of the molecule is CCOC(=O)c1c(C)[nH]c2cc(Br)c(CC(=O)N(CC)c3cccc(C)c3)cc12. The molecule has 5 nitrogen and oxygen atoms in total. The number of nitrogens with one attached hydrogen (secondary N) is 1. The summed E-state index contributed by atoms with van der Waals surface area (Å²) in [5.74, 6) is -0.353. The van der Waals surface area contributed by atoms with Crippen LogP contribution in [0, 0.1) is 13.8 Å². The highest BCUT2D eigenvalue weighted by Crippen LogP contribution is 2.30. The Morgan fingerprint density at radius 2 is 1.90 bits per heavy atom. The topological polar surface area (TPSA) is 62.4 Å². The van der Waals surface area contributed by atoms with E-state index in [2.05, 4.69) is 20.9 Å². The number of anilines is 1. The molecular formula is C23H25BrN2O3. The number of halogens is 1. The maximum absolute atomic E-state index is 13.1. The van der Waals surface area contributed by atoms with E-state index >= 15 is 0 Å². The van der Waals surface area contributed by atoms with Crippen LogP contribution in [0.4, 0.5) is 5.69 Å². The molecule has 0 aliphatic carbocycles. The number of carbonyl (C=O) groups excluding carboxylic acids is 2. The maximum atomic E-state index is 13.1. The summed E-state index contributed by atoms with van der Waals surface area (Å²) in [5.41, 5.74) is 4.94. The molecule has 3 rings (SSSR count). The molecule has 0 spiro atoms. The summed E-state index contributed by atoms with van der Waals surface area (Å²) in [6, 6.07) is 11.7. The van der Waals surface area contributed by atoms with E-state index < -0.39 is 0 Å². The Morgan fingerprint density at radius 3 is 2.55 bits per heavy atom. The van der Waals surface area contributed by atoms with E-state index in [1.165, 1.54) is 0 Å². The van der Waals surface area contributed by atoms with E-state index in [0.29, 0.717) is 18.7 Å². The predicted molar refractivity (Wildman–Crippen MR) is 120 cm³/mol. The van der Waals surface area contributed by atoms with Crippen molar-refractivity contribution in [1.82, 2.24) is 4.98 Å². The van der Waals surface area contributed by atoms with Crippen molar-refractivity contribution in [3.63, 3.8) is 0 Å². The van der Waals surface area contributed by atoms with Crippen molar-refractivity contribution in [2.45, 2.75) is 34.1 Å². The Balaban J connectivity index is 1.96. The zero-order valence-corrected chi connectivity index (χ0v) is 18.7. The quantitative estimate of drug-likeness (QED) is 0.510. The van der Waals surface area contributed by atoms with Crippen molar-refractivity contribution >= 4 is 44.4 Å². The average Bonchev–Trinajstić information content (AvgIpc) is 2.97. The summed E-state index contributed by atoms with van der Waals surface area (Å²) in [6.45, 7) is 8.51. The van der Waals surface area contributed by atoms with Crippen LogP contribution in [0.2, 0.25) is 0 Å². The lowest BCUT2D eigenvalue weighted by Gasteiger charge is -2.22. The van der Waals surface area contributed by atoms with Crippen LogP contribution in [0.5, 0.6) is 0 Å². The Labute approximate surface area is 179 Å². The van der Waals surface area contributed by atoms with Crippen molar-refractivity contribution in [1.29, 1.82) is 0 Å². The molecule has 6 heteroatoms. The average molecular weight is 457 g/mol. The minimum absolute atomic E-state index is 0.00286. The summed E-state index contributed by atoms with van der Waals surface area (Å²) >= 11 is 3.58. The molecule has 0 aliphatic rings. The Kier molecular flexibility index (Phi) is 6.42. The molecule has 29 heavy (non-hydrogen) atoms. The number of rotatable bonds is 6. The third-order valence-corrected chi connectivity index (χ3v) is 5.64. The Hall–Kier alpha value is -2.60. The number of aryl methyl sites for hydroxylation is 2. The lowest BCUT2D eigenvalue weighted by molar-refractivity contribution is -0.117. The van der Waals surface area contributed by atoms with E-state index in [0.717, 1.165) is 37.9 Å². The van der Waals surface area contributed by atoms with Gasteiger partial charge in [-0.25, -0.2) is 4.79 Å². The van der Waals surface area contributed by atoms with Crippen molar-refractivity contribution in [3.8, 4) is 0 Å². The van der Waals surface area contributed by atoms with E-state index in [9.17, 15) is 9.59 Å². The zero-order valence-electron chi connectivity index (χ0n) is 17.1. The molecule has 0 saturated carbocycles. The van der Waals surface area contributed by atoms with Gasteiger partial charge in [0.15, 0.2) is 0 Å². The summed E-state index contributed by atoms with van der Waals surface area (Å²) in [4.78, 5) is 30.5. The van der Waals surface area contributed by atoms with Crippen molar-refractivity contribution < 1.29 is 14.3 Å². The van der Waals surface area contributed by atoms with Gasteiger partial charge in [0.05, 0.1) is 18.6 Å². The first-order valence-electron chi connectivity index (χ1n) is 9.70. The lowest BCUT2D eigenvalue weighted by Crippen LogP contribution is -2.32. The van der Waals surface area contributed by atoms with Gasteiger partial charge < -0.3 is 14.6 Å². The first kappa shape index (κ1) is 21.1. The second kappa shape index (κ2) is 8.82. The van der Waals surface area contributed by atoms with Crippen LogP contribution in [0.3, 0.4) is 0 Å². The van der Waals surface area contributed by atoms with Gasteiger partial charge in [0.25, 0.3) is 0 Å². The van der Waals surface area contributed by atoms with Gasteiger partial charge in [0.2, 0.25) is 5.91 Å². The zero-order chi connectivity index (χ0) is 21.1. The highest BCUT2D eigenvalue weighted by Gasteiger charge is 2.21. The van der Waals surface area contributed by atoms with E-state index in [1.54, 1.807) is 11.8 Å². The van der Waals surface area contributed by atoms with Crippen LogP contribution in [-0.4, -0.2) is 30.0 Å². The number of amides is 1. The number of aromatic amines is 1. The summed E-state index contributed by atoms with van der Waals surface area (Å²) in [7, 11) is 0. The largest absolute Gasteiger partial charge is 0.462 e.